The SMILES string of the molecule is C=C1CN(CC(O)C(C)C)CCN1.CC(C)CCN1CCNC1=O. The van der Waals surface area contributed by atoms with E-state index in [1.165, 1.54) is 0 Å². The summed E-state index contributed by atoms with van der Waals surface area (Å²) in [5.41, 5.74) is 1.06. The third-order valence-electron chi connectivity index (χ3n) is 4.35. The molecule has 0 radical (unpaired) electrons. The lowest BCUT2D eigenvalue weighted by Gasteiger charge is -2.31. The third kappa shape index (κ3) is 8.02. The number of urea groups is 1. The van der Waals surface area contributed by atoms with Gasteiger partial charge >= 0.3 is 6.03 Å². The minimum atomic E-state index is -0.217. The van der Waals surface area contributed by atoms with E-state index in [2.05, 4.69) is 36.0 Å². The second-order valence-corrected chi connectivity index (χ2v) is 7.48. The van der Waals surface area contributed by atoms with Gasteiger partial charge in [0.25, 0.3) is 0 Å². The highest BCUT2D eigenvalue weighted by Gasteiger charge is 2.19. The van der Waals surface area contributed by atoms with Crippen molar-refractivity contribution in [1.29, 1.82) is 0 Å². The average Bonchev–Trinajstić information content (AvgIpc) is 2.91. The van der Waals surface area contributed by atoms with Crippen LogP contribution in [0.25, 0.3) is 0 Å². The standard InChI is InChI=1S/C10H20N2O.C8H16N2O/c1-8(2)10(13)7-12-5-4-11-9(3)6-12;1-7(2)3-5-10-6-4-9-8(10)11/h8,10-11,13H,3-7H2,1-2H3;7H,3-6H2,1-2H3,(H,9,11). The number of β-amino-alcohol motifs (C(OH)–C–C–N with tert-alkyl or cyclic N) is 1. The molecule has 6 heteroatoms. The van der Waals surface area contributed by atoms with Crippen molar-refractivity contribution in [2.45, 2.75) is 40.2 Å². The van der Waals surface area contributed by atoms with Gasteiger partial charge in [-0.15, -0.1) is 0 Å². The van der Waals surface area contributed by atoms with Crippen molar-refractivity contribution < 1.29 is 9.90 Å². The van der Waals surface area contributed by atoms with E-state index in [1.807, 2.05) is 18.7 Å². The van der Waals surface area contributed by atoms with Crippen LogP contribution in [0, 0.1) is 11.8 Å². The van der Waals surface area contributed by atoms with Crippen LogP contribution in [0.5, 0.6) is 0 Å². The van der Waals surface area contributed by atoms with Gasteiger partial charge < -0.3 is 20.6 Å². The van der Waals surface area contributed by atoms with Crippen molar-refractivity contribution in [2.75, 3.05) is 45.8 Å². The van der Waals surface area contributed by atoms with Crippen LogP contribution in [0.15, 0.2) is 12.3 Å². The predicted molar refractivity (Wildman–Crippen MR) is 98.9 cm³/mol. The Bertz CT molecular complexity index is 398. The summed E-state index contributed by atoms with van der Waals surface area (Å²) in [6.07, 6.45) is 0.888. The number of nitrogens with zero attached hydrogens (tertiary/aromatic N) is 2. The molecule has 0 aromatic carbocycles. The average molecular weight is 341 g/mol. The highest BCUT2D eigenvalue weighted by atomic mass is 16.3. The first-order valence-electron chi connectivity index (χ1n) is 9.14. The summed E-state index contributed by atoms with van der Waals surface area (Å²) in [6, 6.07) is 0.102. The summed E-state index contributed by atoms with van der Waals surface area (Å²) < 4.78 is 0. The maximum absolute atomic E-state index is 11.0. The molecule has 2 aliphatic heterocycles. The highest BCUT2D eigenvalue weighted by molar-refractivity contribution is 5.76. The van der Waals surface area contributed by atoms with Gasteiger partial charge in [0.05, 0.1) is 6.10 Å². The van der Waals surface area contributed by atoms with Gasteiger partial charge in [-0.2, -0.15) is 0 Å². The number of rotatable bonds is 6. The van der Waals surface area contributed by atoms with Crippen molar-refractivity contribution in [3.8, 4) is 0 Å². The summed E-state index contributed by atoms with van der Waals surface area (Å²) in [4.78, 5) is 15.1. The fourth-order valence-corrected chi connectivity index (χ4v) is 2.57. The smallest absolute Gasteiger partial charge is 0.317 e. The molecule has 0 bridgehead atoms. The Morgan fingerprint density at radius 1 is 1.17 bits per heavy atom. The van der Waals surface area contributed by atoms with Gasteiger partial charge in [0, 0.05) is 51.5 Å². The number of nitrogens with one attached hydrogen (secondary N) is 2. The fraction of sp³-hybridized carbons (Fsp3) is 0.833. The van der Waals surface area contributed by atoms with E-state index in [0.717, 1.165) is 57.9 Å². The summed E-state index contributed by atoms with van der Waals surface area (Å²) in [5.74, 6) is 1.02. The number of amides is 2. The zero-order valence-corrected chi connectivity index (χ0v) is 15.8. The maximum atomic E-state index is 11.0. The lowest BCUT2D eigenvalue weighted by molar-refractivity contribution is 0.0759. The molecule has 6 nitrogen and oxygen atoms in total. The molecule has 2 rings (SSSR count). The Hall–Kier alpha value is -1.27. The van der Waals surface area contributed by atoms with E-state index in [4.69, 9.17) is 0 Å². The Labute approximate surface area is 147 Å². The quantitative estimate of drug-likeness (QED) is 0.685. The summed E-state index contributed by atoms with van der Waals surface area (Å²) in [7, 11) is 0. The first-order chi connectivity index (χ1) is 11.3. The number of carbonyl (C=O) groups excluding carboxylic acids is 1. The largest absolute Gasteiger partial charge is 0.392 e. The number of carbonyl (C=O) groups is 1. The number of hydrogen-bond donors (Lipinski definition) is 3. The van der Waals surface area contributed by atoms with Crippen LogP contribution in [-0.4, -0.2) is 72.9 Å². The van der Waals surface area contributed by atoms with E-state index < -0.39 is 0 Å². The molecule has 3 N–H and O–H groups in total. The zero-order chi connectivity index (χ0) is 18.1. The lowest BCUT2D eigenvalue weighted by atomic mass is 10.1. The van der Waals surface area contributed by atoms with E-state index in [9.17, 15) is 9.90 Å². The van der Waals surface area contributed by atoms with Crippen LogP contribution >= 0.6 is 0 Å². The molecule has 0 aliphatic carbocycles. The van der Waals surface area contributed by atoms with Gasteiger partial charge in [0.2, 0.25) is 0 Å². The van der Waals surface area contributed by atoms with Gasteiger partial charge in [-0.1, -0.05) is 34.3 Å². The monoisotopic (exact) mass is 340 g/mol. The fourth-order valence-electron chi connectivity index (χ4n) is 2.57. The van der Waals surface area contributed by atoms with Crippen molar-refractivity contribution in [2.24, 2.45) is 11.8 Å². The minimum Gasteiger partial charge on any atom is -0.392 e. The van der Waals surface area contributed by atoms with E-state index in [0.29, 0.717) is 11.8 Å². The summed E-state index contributed by atoms with van der Waals surface area (Å²) in [5, 5.41) is 15.7. The molecule has 2 heterocycles. The third-order valence-corrected chi connectivity index (χ3v) is 4.35. The zero-order valence-electron chi connectivity index (χ0n) is 15.8. The van der Waals surface area contributed by atoms with Gasteiger partial charge in [-0.3, -0.25) is 4.90 Å². The predicted octanol–water partition coefficient (Wildman–Crippen LogP) is 1.48. The molecule has 1 unspecified atom stereocenters. The Kier molecular flexibility index (Phi) is 9.14. The second-order valence-electron chi connectivity index (χ2n) is 7.48. The summed E-state index contributed by atoms with van der Waals surface area (Å²) >= 11 is 0. The number of aliphatic hydroxyl groups excluding tert-OH is 1. The van der Waals surface area contributed by atoms with Gasteiger partial charge in [0.15, 0.2) is 0 Å². The first kappa shape index (κ1) is 20.8. The number of piperazine rings is 1. The van der Waals surface area contributed by atoms with Crippen LogP contribution in [0.2, 0.25) is 0 Å². The van der Waals surface area contributed by atoms with Crippen molar-refractivity contribution >= 4 is 6.03 Å². The molecule has 2 fully saturated rings. The maximum Gasteiger partial charge on any atom is 0.317 e. The Morgan fingerprint density at radius 3 is 2.33 bits per heavy atom. The number of hydrogen-bond acceptors (Lipinski definition) is 4. The molecule has 1 atom stereocenters. The van der Waals surface area contributed by atoms with E-state index in [1.54, 1.807) is 0 Å². The molecular formula is C18H36N4O2. The van der Waals surface area contributed by atoms with Crippen LogP contribution in [-0.2, 0) is 0 Å². The molecule has 140 valence electrons. The van der Waals surface area contributed by atoms with Crippen LogP contribution in [0.1, 0.15) is 34.1 Å². The molecule has 2 saturated heterocycles. The second kappa shape index (κ2) is 10.6. The molecule has 0 aromatic heterocycles. The number of aliphatic hydroxyl groups is 1. The Balaban J connectivity index is 0.000000243. The lowest BCUT2D eigenvalue weighted by Crippen LogP contribution is -2.45. The normalized spacial score (nSPS) is 19.9. The molecule has 2 aliphatic rings. The topological polar surface area (TPSA) is 67.8 Å². The van der Waals surface area contributed by atoms with Crippen molar-refractivity contribution in [3.05, 3.63) is 12.3 Å². The van der Waals surface area contributed by atoms with Crippen molar-refractivity contribution in [3.63, 3.8) is 0 Å². The molecule has 0 spiro atoms. The molecule has 24 heavy (non-hydrogen) atoms. The van der Waals surface area contributed by atoms with Gasteiger partial charge in [-0.25, -0.2) is 4.79 Å². The van der Waals surface area contributed by atoms with Crippen LogP contribution < -0.4 is 10.6 Å². The van der Waals surface area contributed by atoms with Gasteiger partial charge in [0.1, 0.15) is 0 Å². The van der Waals surface area contributed by atoms with E-state index in [-0.39, 0.29) is 12.1 Å². The molecule has 0 saturated carbocycles. The summed E-state index contributed by atoms with van der Waals surface area (Å²) in [6.45, 7) is 18.5. The Morgan fingerprint density at radius 2 is 1.83 bits per heavy atom. The van der Waals surface area contributed by atoms with Gasteiger partial charge in [-0.05, 0) is 18.3 Å². The van der Waals surface area contributed by atoms with Crippen molar-refractivity contribution in [1.82, 2.24) is 20.4 Å². The minimum absolute atomic E-state index is 0.102. The first-order valence-corrected chi connectivity index (χ1v) is 9.14. The molecule has 0 aromatic rings. The highest BCUT2D eigenvalue weighted by Crippen LogP contribution is 2.07. The molecule has 2 amide bonds. The van der Waals surface area contributed by atoms with Crippen LogP contribution in [0.4, 0.5) is 4.79 Å². The van der Waals surface area contributed by atoms with E-state index >= 15 is 0 Å². The molecular weight excluding hydrogens is 304 g/mol. The van der Waals surface area contributed by atoms with Crippen LogP contribution in [0.3, 0.4) is 0 Å².